The van der Waals surface area contributed by atoms with Crippen LogP contribution in [-0.4, -0.2) is 4.98 Å². The van der Waals surface area contributed by atoms with Gasteiger partial charge in [0.2, 0.25) is 0 Å². The molecular formula is C11H12N2. The van der Waals surface area contributed by atoms with Gasteiger partial charge in [-0.15, -0.1) is 0 Å². The van der Waals surface area contributed by atoms with Gasteiger partial charge in [-0.3, -0.25) is 4.98 Å². The van der Waals surface area contributed by atoms with Gasteiger partial charge in [0, 0.05) is 17.3 Å². The number of aromatic nitrogens is 1. The molecule has 0 bridgehead atoms. The summed E-state index contributed by atoms with van der Waals surface area (Å²) < 4.78 is 0. The normalized spacial score (nSPS) is 10.6. The Kier molecular flexibility index (Phi) is 1.69. The van der Waals surface area contributed by atoms with E-state index in [1.165, 1.54) is 5.56 Å². The molecule has 0 fully saturated rings. The summed E-state index contributed by atoms with van der Waals surface area (Å²) in [4.78, 5) is 4.26. The lowest BCUT2D eigenvalue weighted by Gasteiger charge is -2.06. The minimum atomic E-state index is 0.850. The molecule has 0 unspecified atom stereocenters. The van der Waals surface area contributed by atoms with Crippen molar-refractivity contribution in [2.45, 2.75) is 13.8 Å². The summed E-state index contributed by atoms with van der Waals surface area (Å²) in [5.74, 6) is 0. The molecule has 2 N–H and O–H groups in total. The van der Waals surface area contributed by atoms with Crippen LogP contribution in [-0.2, 0) is 0 Å². The molecule has 0 radical (unpaired) electrons. The summed E-state index contributed by atoms with van der Waals surface area (Å²) in [7, 11) is 0. The fraction of sp³-hybridized carbons (Fsp3) is 0.182. The number of benzene rings is 1. The van der Waals surface area contributed by atoms with Crippen molar-refractivity contribution in [3.63, 3.8) is 0 Å². The third-order valence-corrected chi connectivity index (χ3v) is 2.37. The summed E-state index contributed by atoms with van der Waals surface area (Å²) in [5.41, 5.74) is 10.1. The highest BCUT2D eigenvalue weighted by molar-refractivity contribution is 5.94. The van der Waals surface area contributed by atoms with Crippen molar-refractivity contribution in [1.82, 2.24) is 4.98 Å². The number of pyridine rings is 1. The average Bonchev–Trinajstić information content (AvgIpc) is 2.12. The Morgan fingerprint density at radius 3 is 2.62 bits per heavy atom. The molecule has 0 aliphatic rings. The minimum absolute atomic E-state index is 0.850. The number of hydrogen-bond acceptors (Lipinski definition) is 2. The Morgan fingerprint density at radius 1 is 1.08 bits per heavy atom. The Labute approximate surface area is 77.4 Å². The number of aryl methyl sites for hydroxylation is 2. The Balaban J connectivity index is 2.97. The average molecular weight is 172 g/mol. The van der Waals surface area contributed by atoms with E-state index in [-0.39, 0.29) is 0 Å². The molecule has 0 aliphatic heterocycles. The van der Waals surface area contributed by atoms with Gasteiger partial charge in [0.25, 0.3) is 0 Å². The van der Waals surface area contributed by atoms with Crippen LogP contribution in [0.25, 0.3) is 10.9 Å². The predicted molar refractivity (Wildman–Crippen MR) is 55.6 cm³/mol. The zero-order valence-corrected chi connectivity index (χ0v) is 7.83. The Hall–Kier alpha value is -1.57. The van der Waals surface area contributed by atoms with Crippen LogP contribution >= 0.6 is 0 Å². The molecule has 0 atom stereocenters. The fourth-order valence-corrected chi connectivity index (χ4v) is 1.55. The van der Waals surface area contributed by atoms with Crippen molar-refractivity contribution < 1.29 is 0 Å². The van der Waals surface area contributed by atoms with Gasteiger partial charge in [-0.25, -0.2) is 0 Å². The van der Waals surface area contributed by atoms with Gasteiger partial charge >= 0.3 is 0 Å². The molecule has 1 heterocycles. The molecule has 0 amide bonds. The van der Waals surface area contributed by atoms with Crippen molar-refractivity contribution in [1.29, 1.82) is 0 Å². The van der Waals surface area contributed by atoms with Gasteiger partial charge in [0.15, 0.2) is 0 Å². The van der Waals surface area contributed by atoms with Crippen molar-refractivity contribution in [2.75, 3.05) is 5.73 Å². The molecule has 2 nitrogen and oxygen atoms in total. The summed E-state index contributed by atoms with van der Waals surface area (Å²) >= 11 is 0. The second kappa shape index (κ2) is 2.73. The van der Waals surface area contributed by atoms with E-state index in [0.717, 1.165) is 22.2 Å². The molecule has 1 aromatic heterocycles. The minimum Gasteiger partial charge on any atom is -0.398 e. The highest BCUT2D eigenvalue weighted by Crippen LogP contribution is 2.25. The van der Waals surface area contributed by atoms with Crippen molar-refractivity contribution in [2.24, 2.45) is 0 Å². The first-order valence-corrected chi connectivity index (χ1v) is 4.30. The first kappa shape index (κ1) is 8.05. The van der Waals surface area contributed by atoms with Gasteiger partial charge in [-0.05, 0) is 37.1 Å². The summed E-state index contributed by atoms with van der Waals surface area (Å²) in [5, 5.41) is 1.09. The lowest BCUT2D eigenvalue weighted by molar-refractivity contribution is 1.36. The van der Waals surface area contributed by atoms with Crippen LogP contribution in [0.2, 0.25) is 0 Å². The quantitative estimate of drug-likeness (QED) is 0.620. The fourth-order valence-electron chi connectivity index (χ4n) is 1.55. The molecular weight excluding hydrogens is 160 g/mol. The van der Waals surface area contributed by atoms with E-state index in [1.54, 1.807) is 0 Å². The summed E-state index contributed by atoms with van der Waals surface area (Å²) in [6.45, 7) is 4.07. The van der Waals surface area contributed by atoms with E-state index in [0.29, 0.717) is 0 Å². The van der Waals surface area contributed by atoms with Crippen molar-refractivity contribution >= 4 is 16.6 Å². The standard InChI is InChI=1S/C11H12N2/c1-7-5-6-13-9-4-3-8(2)11(12)10(7)9/h3-6H,12H2,1-2H3. The van der Waals surface area contributed by atoms with E-state index < -0.39 is 0 Å². The van der Waals surface area contributed by atoms with Crippen LogP contribution in [0.4, 0.5) is 5.69 Å². The molecule has 66 valence electrons. The first-order valence-electron chi connectivity index (χ1n) is 4.30. The van der Waals surface area contributed by atoms with Crippen LogP contribution in [0.5, 0.6) is 0 Å². The lowest BCUT2D eigenvalue weighted by Crippen LogP contribution is -1.93. The van der Waals surface area contributed by atoms with Gasteiger partial charge < -0.3 is 5.73 Å². The molecule has 2 aromatic rings. The number of anilines is 1. The Bertz CT molecular complexity index is 461. The monoisotopic (exact) mass is 172 g/mol. The van der Waals surface area contributed by atoms with E-state index in [9.17, 15) is 0 Å². The van der Waals surface area contributed by atoms with Crippen LogP contribution in [0, 0.1) is 13.8 Å². The van der Waals surface area contributed by atoms with Crippen LogP contribution in [0.3, 0.4) is 0 Å². The molecule has 2 rings (SSSR count). The number of rotatable bonds is 0. The Morgan fingerprint density at radius 2 is 1.85 bits per heavy atom. The van der Waals surface area contributed by atoms with Gasteiger partial charge in [-0.1, -0.05) is 6.07 Å². The predicted octanol–water partition coefficient (Wildman–Crippen LogP) is 2.43. The molecule has 0 aliphatic carbocycles. The SMILES string of the molecule is Cc1ccc2nccc(C)c2c1N. The van der Waals surface area contributed by atoms with Gasteiger partial charge in [0.05, 0.1) is 5.52 Å². The molecule has 13 heavy (non-hydrogen) atoms. The summed E-state index contributed by atoms with van der Waals surface area (Å²) in [6, 6.07) is 6.00. The number of nitrogens with two attached hydrogens (primary N) is 1. The maximum atomic E-state index is 5.98. The molecule has 0 saturated heterocycles. The topological polar surface area (TPSA) is 38.9 Å². The molecule has 0 saturated carbocycles. The van der Waals surface area contributed by atoms with Crippen LogP contribution in [0.1, 0.15) is 11.1 Å². The highest BCUT2D eigenvalue weighted by atomic mass is 14.7. The van der Waals surface area contributed by atoms with Gasteiger partial charge in [-0.2, -0.15) is 0 Å². The molecule has 1 aromatic carbocycles. The van der Waals surface area contributed by atoms with E-state index >= 15 is 0 Å². The van der Waals surface area contributed by atoms with E-state index in [2.05, 4.69) is 11.9 Å². The zero-order chi connectivity index (χ0) is 9.42. The third-order valence-electron chi connectivity index (χ3n) is 2.37. The van der Waals surface area contributed by atoms with Crippen LogP contribution < -0.4 is 5.73 Å². The number of hydrogen-bond donors (Lipinski definition) is 1. The van der Waals surface area contributed by atoms with E-state index in [1.807, 2.05) is 31.3 Å². The van der Waals surface area contributed by atoms with Crippen LogP contribution in [0.15, 0.2) is 24.4 Å². The smallest absolute Gasteiger partial charge is 0.0725 e. The first-order chi connectivity index (χ1) is 6.20. The lowest BCUT2D eigenvalue weighted by atomic mass is 10.1. The maximum absolute atomic E-state index is 5.98. The van der Waals surface area contributed by atoms with Crippen molar-refractivity contribution in [3.05, 3.63) is 35.5 Å². The van der Waals surface area contributed by atoms with Gasteiger partial charge in [0.1, 0.15) is 0 Å². The zero-order valence-electron chi connectivity index (χ0n) is 7.83. The second-order valence-electron chi connectivity index (χ2n) is 3.32. The molecule has 2 heteroatoms. The molecule has 0 spiro atoms. The van der Waals surface area contributed by atoms with Crippen molar-refractivity contribution in [3.8, 4) is 0 Å². The summed E-state index contributed by atoms with van der Waals surface area (Å²) in [6.07, 6.45) is 1.81. The number of fused-ring (bicyclic) bond motifs is 1. The maximum Gasteiger partial charge on any atom is 0.0725 e. The number of nitrogen functional groups attached to an aromatic ring is 1. The largest absolute Gasteiger partial charge is 0.398 e. The third kappa shape index (κ3) is 1.15. The van der Waals surface area contributed by atoms with E-state index in [4.69, 9.17) is 5.73 Å². The second-order valence-corrected chi connectivity index (χ2v) is 3.32. The number of nitrogens with zero attached hydrogens (tertiary/aromatic N) is 1. The highest BCUT2D eigenvalue weighted by Gasteiger charge is 2.03.